The van der Waals surface area contributed by atoms with Gasteiger partial charge in [0.2, 0.25) is 0 Å². The van der Waals surface area contributed by atoms with Crippen molar-refractivity contribution >= 4 is 35.3 Å². The van der Waals surface area contributed by atoms with E-state index in [1.54, 1.807) is 42.5 Å². The van der Waals surface area contributed by atoms with Crippen LogP contribution in [-0.4, -0.2) is 19.2 Å². The highest BCUT2D eigenvalue weighted by atomic mass is 35.5. The predicted octanol–water partition coefficient (Wildman–Crippen LogP) is 3.77. The second-order valence-electron chi connectivity index (χ2n) is 4.07. The van der Waals surface area contributed by atoms with Crippen molar-refractivity contribution in [3.05, 3.63) is 63.6 Å². The number of methoxy groups -OCH3 is 1. The molecule has 0 spiro atoms. The van der Waals surface area contributed by atoms with Gasteiger partial charge >= 0.3 is 0 Å². The lowest BCUT2D eigenvalue weighted by Crippen LogP contribution is -2.18. The average Bonchev–Trinajstić information content (AvgIpc) is 2.49. The zero-order valence-electron chi connectivity index (χ0n) is 11.1. The number of benzene rings is 2. The quantitative estimate of drug-likeness (QED) is 0.688. The number of rotatable bonds is 4. The van der Waals surface area contributed by atoms with Crippen molar-refractivity contribution < 1.29 is 9.53 Å². The molecule has 0 saturated carbocycles. The van der Waals surface area contributed by atoms with Crippen molar-refractivity contribution in [3.8, 4) is 5.75 Å². The lowest BCUT2D eigenvalue weighted by atomic mass is 10.2. The van der Waals surface area contributed by atoms with Crippen LogP contribution in [0.25, 0.3) is 0 Å². The Labute approximate surface area is 132 Å². The lowest BCUT2D eigenvalue weighted by Gasteiger charge is -2.06. The summed E-state index contributed by atoms with van der Waals surface area (Å²) in [4.78, 5) is 12.0. The van der Waals surface area contributed by atoms with Gasteiger partial charge in [0.15, 0.2) is 0 Å². The average molecular weight is 323 g/mol. The molecule has 0 aliphatic rings. The highest BCUT2D eigenvalue weighted by Crippen LogP contribution is 2.19. The van der Waals surface area contributed by atoms with Crippen molar-refractivity contribution in [2.24, 2.45) is 5.10 Å². The Bertz CT molecular complexity index is 687. The standard InChI is InChI=1S/C15H12Cl2N2O2/c1-21-14-5-3-2-4-12(14)15(20)19-18-9-10-6-7-11(16)8-13(10)17/h2-9H,1H3,(H,19,20). The Morgan fingerprint density at radius 3 is 2.71 bits per heavy atom. The molecule has 21 heavy (non-hydrogen) atoms. The topological polar surface area (TPSA) is 50.7 Å². The van der Waals surface area contributed by atoms with Crippen LogP contribution in [0, 0.1) is 0 Å². The van der Waals surface area contributed by atoms with Crippen LogP contribution >= 0.6 is 23.2 Å². The van der Waals surface area contributed by atoms with Gasteiger partial charge < -0.3 is 4.74 Å². The van der Waals surface area contributed by atoms with E-state index < -0.39 is 0 Å². The summed E-state index contributed by atoms with van der Waals surface area (Å²) in [7, 11) is 1.50. The van der Waals surface area contributed by atoms with Gasteiger partial charge in [-0.05, 0) is 24.3 Å². The Kier molecular flexibility index (Phi) is 5.20. The van der Waals surface area contributed by atoms with Gasteiger partial charge in [0.05, 0.1) is 23.9 Å². The molecule has 0 unspecified atom stereocenters. The Balaban J connectivity index is 2.08. The smallest absolute Gasteiger partial charge is 0.275 e. The SMILES string of the molecule is COc1ccccc1C(=O)NN=Cc1ccc(Cl)cc1Cl. The minimum absolute atomic E-state index is 0.367. The zero-order valence-corrected chi connectivity index (χ0v) is 12.7. The molecule has 0 saturated heterocycles. The number of ether oxygens (including phenoxy) is 1. The molecule has 0 bridgehead atoms. The van der Waals surface area contributed by atoms with Gasteiger partial charge in [0.1, 0.15) is 5.75 Å². The van der Waals surface area contributed by atoms with Crippen LogP contribution in [0.5, 0.6) is 5.75 Å². The summed E-state index contributed by atoms with van der Waals surface area (Å²) in [5, 5.41) is 4.87. The lowest BCUT2D eigenvalue weighted by molar-refractivity contribution is 0.0952. The van der Waals surface area contributed by atoms with Gasteiger partial charge in [-0.25, -0.2) is 5.43 Å². The van der Waals surface area contributed by atoms with Crippen LogP contribution in [-0.2, 0) is 0 Å². The third kappa shape index (κ3) is 3.97. The molecule has 0 aliphatic carbocycles. The maximum absolute atomic E-state index is 12.0. The molecule has 0 heterocycles. The number of halogens is 2. The van der Waals surface area contributed by atoms with Gasteiger partial charge in [-0.1, -0.05) is 41.4 Å². The number of hydrogen-bond acceptors (Lipinski definition) is 3. The molecule has 2 rings (SSSR count). The summed E-state index contributed by atoms with van der Waals surface area (Å²) in [6.07, 6.45) is 1.45. The molecule has 2 aromatic rings. The van der Waals surface area contributed by atoms with E-state index >= 15 is 0 Å². The molecule has 0 aliphatic heterocycles. The van der Waals surface area contributed by atoms with Crippen LogP contribution in [0.2, 0.25) is 10.0 Å². The first-order valence-corrected chi connectivity index (χ1v) is 6.79. The Morgan fingerprint density at radius 2 is 2.00 bits per heavy atom. The first-order chi connectivity index (χ1) is 10.1. The van der Waals surface area contributed by atoms with Gasteiger partial charge in [-0.2, -0.15) is 5.10 Å². The van der Waals surface area contributed by atoms with Crippen molar-refractivity contribution in [2.75, 3.05) is 7.11 Å². The molecule has 4 nitrogen and oxygen atoms in total. The van der Waals surface area contributed by atoms with Gasteiger partial charge in [0.25, 0.3) is 5.91 Å². The monoisotopic (exact) mass is 322 g/mol. The summed E-state index contributed by atoms with van der Waals surface area (Å²) in [5.41, 5.74) is 3.48. The van der Waals surface area contributed by atoms with Crippen molar-refractivity contribution in [1.29, 1.82) is 0 Å². The summed E-state index contributed by atoms with van der Waals surface area (Å²) >= 11 is 11.8. The second-order valence-corrected chi connectivity index (χ2v) is 4.91. The van der Waals surface area contributed by atoms with Crippen molar-refractivity contribution in [3.63, 3.8) is 0 Å². The van der Waals surface area contributed by atoms with E-state index in [4.69, 9.17) is 27.9 Å². The number of nitrogens with one attached hydrogen (secondary N) is 1. The number of hydrazone groups is 1. The highest BCUT2D eigenvalue weighted by Gasteiger charge is 2.10. The van der Waals surface area contributed by atoms with Crippen LogP contribution in [0.4, 0.5) is 0 Å². The van der Waals surface area contributed by atoms with E-state index in [1.165, 1.54) is 13.3 Å². The third-order valence-corrected chi connectivity index (χ3v) is 3.25. The number of carbonyl (C=O) groups is 1. The number of hydrogen-bond donors (Lipinski definition) is 1. The summed E-state index contributed by atoms with van der Waals surface area (Å²) in [6, 6.07) is 11.9. The van der Waals surface area contributed by atoms with Crippen molar-refractivity contribution in [2.45, 2.75) is 0 Å². The first kappa shape index (κ1) is 15.4. The largest absolute Gasteiger partial charge is 0.496 e. The van der Waals surface area contributed by atoms with Crippen LogP contribution < -0.4 is 10.2 Å². The molecular weight excluding hydrogens is 311 g/mol. The zero-order chi connectivity index (χ0) is 15.2. The molecule has 6 heteroatoms. The number of para-hydroxylation sites is 1. The third-order valence-electron chi connectivity index (χ3n) is 2.68. The van der Waals surface area contributed by atoms with Gasteiger partial charge in [-0.3, -0.25) is 4.79 Å². The van der Waals surface area contributed by atoms with Crippen LogP contribution in [0.3, 0.4) is 0 Å². The Hall–Kier alpha value is -2.04. The molecule has 0 atom stereocenters. The minimum atomic E-state index is -0.367. The number of nitrogens with zero attached hydrogens (tertiary/aromatic N) is 1. The van der Waals surface area contributed by atoms with Crippen molar-refractivity contribution in [1.82, 2.24) is 5.43 Å². The molecule has 0 radical (unpaired) electrons. The summed E-state index contributed by atoms with van der Waals surface area (Å²) in [5.74, 6) is 0.114. The van der Waals surface area contributed by atoms with E-state index in [9.17, 15) is 4.79 Å². The second kappa shape index (κ2) is 7.11. The molecule has 0 fully saturated rings. The normalized spacial score (nSPS) is 10.6. The molecule has 1 amide bonds. The fourth-order valence-corrected chi connectivity index (χ4v) is 2.12. The van der Waals surface area contributed by atoms with E-state index in [-0.39, 0.29) is 5.91 Å². The Morgan fingerprint density at radius 1 is 1.24 bits per heavy atom. The molecule has 0 aromatic heterocycles. The maximum atomic E-state index is 12.0. The first-order valence-electron chi connectivity index (χ1n) is 6.03. The molecule has 1 N–H and O–H groups in total. The van der Waals surface area contributed by atoms with E-state index in [0.29, 0.717) is 26.9 Å². The van der Waals surface area contributed by atoms with E-state index in [2.05, 4.69) is 10.5 Å². The fourth-order valence-electron chi connectivity index (χ4n) is 1.66. The van der Waals surface area contributed by atoms with E-state index in [1.807, 2.05) is 0 Å². The fraction of sp³-hybridized carbons (Fsp3) is 0.0667. The van der Waals surface area contributed by atoms with Gasteiger partial charge in [0, 0.05) is 10.6 Å². The molecular formula is C15H12Cl2N2O2. The van der Waals surface area contributed by atoms with Crippen LogP contribution in [0.15, 0.2) is 47.6 Å². The highest BCUT2D eigenvalue weighted by molar-refractivity contribution is 6.36. The minimum Gasteiger partial charge on any atom is -0.496 e. The van der Waals surface area contributed by atoms with E-state index in [0.717, 1.165) is 0 Å². The summed E-state index contributed by atoms with van der Waals surface area (Å²) in [6.45, 7) is 0. The number of amides is 1. The summed E-state index contributed by atoms with van der Waals surface area (Å²) < 4.78 is 5.11. The molecule has 108 valence electrons. The van der Waals surface area contributed by atoms with Crippen LogP contribution in [0.1, 0.15) is 15.9 Å². The maximum Gasteiger partial charge on any atom is 0.275 e. The van der Waals surface area contributed by atoms with Gasteiger partial charge in [-0.15, -0.1) is 0 Å². The molecule has 2 aromatic carbocycles. The number of carbonyl (C=O) groups excluding carboxylic acids is 1. The predicted molar refractivity (Wildman–Crippen MR) is 84.5 cm³/mol.